The number of nitrogens with two attached hydrogens (primary N) is 1. The molecular weight excluding hydrogens is 209 g/mol. The van der Waals surface area contributed by atoms with Crippen LogP contribution < -0.4 is 5.73 Å². The predicted octanol–water partition coefficient (Wildman–Crippen LogP) is 0.832. The van der Waals surface area contributed by atoms with E-state index in [9.17, 15) is 14.6 Å². The van der Waals surface area contributed by atoms with Crippen molar-refractivity contribution >= 4 is 11.6 Å². The van der Waals surface area contributed by atoms with E-state index in [-0.39, 0.29) is 17.1 Å². The summed E-state index contributed by atoms with van der Waals surface area (Å²) in [6.45, 7) is -0.161. The van der Waals surface area contributed by atoms with E-state index in [0.29, 0.717) is 0 Å². The minimum absolute atomic E-state index is 0.0741. The second-order valence-electron chi connectivity index (χ2n) is 2.88. The summed E-state index contributed by atoms with van der Waals surface area (Å²) in [7, 11) is 0. The van der Waals surface area contributed by atoms with Crippen molar-refractivity contribution in [2.45, 2.75) is 12.2 Å². The van der Waals surface area contributed by atoms with Crippen molar-refractivity contribution in [3.05, 3.63) is 34.6 Å². The van der Waals surface area contributed by atoms with Gasteiger partial charge in [0.25, 0.3) is 0 Å². The van der Waals surface area contributed by atoms with Crippen LogP contribution in [0.3, 0.4) is 0 Å². The Morgan fingerprint density at radius 3 is 2.57 bits per heavy atom. The van der Waals surface area contributed by atoms with Gasteiger partial charge in [0.05, 0.1) is 6.10 Å². The van der Waals surface area contributed by atoms with Gasteiger partial charge in [-0.3, -0.25) is 0 Å². The molecule has 0 bridgehead atoms. The summed E-state index contributed by atoms with van der Waals surface area (Å²) in [5.74, 6) is -0.655. The number of hydrogen-bond donors (Lipinski definition) is 3. The fraction of sp³-hybridized carbons (Fsp3) is 0.333. The molecule has 0 saturated carbocycles. The molecule has 78 valence electrons. The van der Waals surface area contributed by atoms with Crippen molar-refractivity contribution in [1.29, 1.82) is 0 Å². The molecule has 1 rings (SSSR count). The van der Waals surface area contributed by atoms with Crippen molar-refractivity contribution in [3.63, 3.8) is 0 Å². The molecule has 0 spiro atoms. The van der Waals surface area contributed by atoms with Gasteiger partial charge < -0.3 is 15.9 Å². The highest BCUT2D eigenvalue weighted by Crippen LogP contribution is 2.27. The molecule has 0 fully saturated rings. The summed E-state index contributed by atoms with van der Waals surface area (Å²) < 4.78 is 13.2. The van der Waals surface area contributed by atoms with E-state index in [1.807, 2.05) is 0 Å². The zero-order valence-corrected chi connectivity index (χ0v) is 8.08. The second kappa shape index (κ2) is 4.70. The molecule has 2 atom stereocenters. The normalized spacial score (nSPS) is 15.2. The lowest BCUT2D eigenvalue weighted by Crippen LogP contribution is -2.28. The fourth-order valence-corrected chi connectivity index (χ4v) is 1.39. The summed E-state index contributed by atoms with van der Waals surface area (Å²) in [6, 6.07) is 4.02. The maximum absolute atomic E-state index is 13.2. The Labute approximate surface area is 85.9 Å². The van der Waals surface area contributed by atoms with Gasteiger partial charge in [-0.1, -0.05) is 17.7 Å². The monoisotopic (exact) mass is 219 g/mol. The first-order valence-electron chi connectivity index (χ1n) is 4.08. The summed E-state index contributed by atoms with van der Waals surface area (Å²) in [5.41, 5.74) is 5.02. The highest BCUT2D eigenvalue weighted by molar-refractivity contribution is 6.31. The average molecular weight is 220 g/mol. The minimum Gasteiger partial charge on any atom is -0.389 e. The highest BCUT2D eigenvalue weighted by atomic mass is 35.5. The van der Waals surface area contributed by atoms with Crippen molar-refractivity contribution in [3.8, 4) is 0 Å². The van der Waals surface area contributed by atoms with Gasteiger partial charge in [-0.25, -0.2) is 4.39 Å². The van der Waals surface area contributed by atoms with Crippen LogP contribution in [-0.2, 0) is 0 Å². The van der Waals surface area contributed by atoms with Gasteiger partial charge in [0.2, 0.25) is 0 Å². The fourth-order valence-electron chi connectivity index (χ4n) is 1.11. The third kappa shape index (κ3) is 2.22. The van der Waals surface area contributed by atoms with Crippen molar-refractivity contribution in [1.82, 2.24) is 0 Å². The molecule has 0 aliphatic carbocycles. The molecule has 0 aliphatic rings. The molecule has 2 unspecified atom stereocenters. The Balaban J connectivity index is 3.05. The Morgan fingerprint density at radius 1 is 1.43 bits per heavy atom. The van der Waals surface area contributed by atoms with Gasteiger partial charge in [-0.05, 0) is 12.1 Å². The van der Waals surface area contributed by atoms with Crippen molar-refractivity contribution in [2.24, 2.45) is 5.73 Å². The van der Waals surface area contributed by atoms with Crippen LogP contribution in [0, 0.1) is 5.82 Å². The van der Waals surface area contributed by atoms with Crippen molar-refractivity contribution < 1.29 is 14.6 Å². The second-order valence-corrected chi connectivity index (χ2v) is 3.29. The van der Waals surface area contributed by atoms with E-state index in [1.165, 1.54) is 12.1 Å². The van der Waals surface area contributed by atoms with E-state index >= 15 is 0 Å². The van der Waals surface area contributed by atoms with Crippen LogP contribution in [0.15, 0.2) is 18.2 Å². The zero-order chi connectivity index (χ0) is 10.7. The molecule has 0 aliphatic heterocycles. The lowest BCUT2D eigenvalue weighted by Gasteiger charge is -2.17. The van der Waals surface area contributed by atoms with Gasteiger partial charge >= 0.3 is 0 Å². The number of aliphatic hydroxyl groups excluding tert-OH is 2. The quantitative estimate of drug-likeness (QED) is 0.706. The first-order valence-corrected chi connectivity index (χ1v) is 4.45. The first kappa shape index (κ1) is 11.4. The predicted molar refractivity (Wildman–Crippen MR) is 51.4 cm³/mol. The van der Waals surface area contributed by atoms with E-state index in [0.717, 1.165) is 6.07 Å². The van der Waals surface area contributed by atoms with Crippen LogP contribution in [0.5, 0.6) is 0 Å². The number of aliphatic hydroxyl groups is 2. The summed E-state index contributed by atoms with van der Waals surface area (Å²) in [4.78, 5) is 0. The molecule has 0 amide bonds. The number of rotatable bonds is 3. The molecule has 0 saturated heterocycles. The Bertz CT molecular complexity index is 301. The molecule has 0 aromatic heterocycles. The molecule has 3 nitrogen and oxygen atoms in total. The van der Waals surface area contributed by atoms with E-state index in [1.54, 1.807) is 0 Å². The minimum atomic E-state index is -1.39. The SMILES string of the molecule is NCC(O)C(O)c1c(F)cccc1Cl. The van der Waals surface area contributed by atoms with Gasteiger partial charge in [-0.15, -0.1) is 0 Å². The molecule has 1 aromatic carbocycles. The van der Waals surface area contributed by atoms with Gasteiger partial charge in [-0.2, -0.15) is 0 Å². The Morgan fingerprint density at radius 2 is 2.07 bits per heavy atom. The van der Waals surface area contributed by atoms with E-state index in [4.69, 9.17) is 17.3 Å². The number of benzene rings is 1. The third-order valence-corrected chi connectivity index (χ3v) is 2.23. The average Bonchev–Trinajstić information content (AvgIpc) is 2.16. The molecule has 5 heteroatoms. The van der Waals surface area contributed by atoms with Gasteiger partial charge in [0.1, 0.15) is 11.9 Å². The molecule has 14 heavy (non-hydrogen) atoms. The molecule has 0 radical (unpaired) electrons. The maximum Gasteiger partial charge on any atom is 0.130 e. The van der Waals surface area contributed by atoms with Crippen LogP contribution in [0.4, 0.5) is 4.39 Å². The molecule has 0 heterocycles. The zero-order valence-electron chi connectivity index (χ0n) is 7.32. The topological polar surface area (TPSA) is 66.5 Å². The standard InChI is InChI=1S/C9H11ClFNO2/c10-5-2-1-3-6(11)8(5)9(14)7(13)4-12/h1-3,7,9,13-14H,4,12H2. The number of halogens is 2. The first-order chi connectivity index (χ1) is 6.57. The van der Waals surface area contributed by atoms with Crippen LogP contribution in [-0.4, -0.2) is 22.9 Å². The van der Waals surface area contributed by atoms with Crippen LogP contribution in [0.2, 0.25) is 5.02 Å². The summed E-state index contributed by atoms with van der Waals surface area (Å²) in [5, 5.41) is 18.8. The Kier molecular flexibility index (Phi) is 3.83. The van der Waals surface area contributed by atoms with Crippen LogP contribution in [0.25, 0.3) is 0 Å². The number of hydrogen-bond acceptors (Lipinski definition) is 3. The van der Waals surface area contributed by atoms with E-state index < -0.39 is 18.0 Å². The van der Waals surface area contributed by atoms with Gasteiger partial charge in [0, 0.05) is 17.1 Å². The lowest BCUT2D eigenvalue weighted by molar-refractivity contribution is 0.0222. The summed E-state index contributed by atoms with van der Waals surface area (Å²) in [6.07, 6.45) is -2.61. The van der Waals surface area contributed by atoms with Crippen molar-refractivity contribution in [2.75, 3.05) is 6.54 Å². The van der Waals surface area contributed by atoms with Gasteiger partial charge in [0.15, 0.2) is 0 Å². The van der Waals surface area contributed by atoms with Crippen LogP contribution >= 0.6 is 11.6 Å². The molecule has 1 aromatic rings. The van der Waals surface area contributed by atoms with Crippen LogP contribution in [0.1, 0.15) is 11.7 Å². The summed E-state index contributed by atoms with van der Waals surface area (Å²) >= 11 is 5.67. The highest BCUT2D eigenvalue weighted by Gasteiger charge is 2.22. The largest absolute Gasteiger partial charge is 0.389 e. The molecular formula is C9H11ClFNO2. The lowest BCUT2D eigenvalue weighted by atomic mass is 10.0. The third-order valence-electron chi connectivity index (χ3n) is 1.90. The Hall–Kier alpha value is -0.680. The maximum atomic E-state index is 13.2. The van der Waals surface area contributed by atoms with E-state index in [2.05, 4.69) is 0 Å². The smallest absolute Gasteiger partial charge is 0.130 e. The molecule has 4 N–H and O–H groups in total.